The summed E-state index contributed by atoms with van der Waals surface area (Å²) in [5.41, 5.74) is 0. The lowest BCUT2D eigenvalue weighted by Crippen LogP contribution is -2.06. The van der Waals surface area contributed by atoms with Gasteiger partial charge < -0.3 is 19.7 Å². The van der Waals surface area contributed by atoms with Crippen molar-refractivity contribution >= 4 is 5.97 Å². The first-order valence-corrected chi connectivity index (χ1v) is 5.42. The monoisotopic (exact) mass is 238 g/mol. The molecule has 2 N–H and O–H groups in total. The van der Waals surface area contributed by atoms with Crippen molar-refractivity contribution in [2.24, 2.45) is 0 Å². The van der Waals surface area contributed by atoms with Crippen molar-refractivity contribution in [1.82, 2.24) is 0 Å². The molecule has 5 heteroatoms. The predicted octanol–water partition coefficient (Wildman–Crippen LogP) is 0.972. The quantitative estimate of drug-likeness (QED) is 0.714. The van der Waals surface area contributed by atoms with Crippen LogP contribution in [0.3, 0.4) is 0 Å². The highest BCUT2D eigenvalue weighted by Crippen LogP contribution is 1.85. The fraction of sp³-hybridized carbons (Fsp3) is 0.909. The average Bonchev–Trinajstić information content (AvgIpc) is 2.18. The summed E-state index contributed by atoms with van der Waals surface area (Å²) in [6, 6.07) is 0. The molecule has 16 heavy (non-hydrogen) atoms. The fourth-order valence-corrected chi connectivity index (χ4v) is 0.536. The van der Waals surface area contributed by atoms with Crippen LogP contribution in [0.5, 0.6) is 0 Å². The summed E-state index contributed by atoms with van der Waals surface area (Å²) in [6.45, 7) is 10.5. The molecule has 0 saturated carbocycles. The summed E-state index contributed by atoms with van der Waals surface area (Å²) in [7, 11) is 0. The molecule has 0 atom stereocenters. The van der Waals surface area contributed by atoms with Gasteiger partial charge in [-0.15, -0.1) is 0 Å². The van der Waals surface area contributed by atoms with Crippen molar-refractivity contribution in [1.29, 1.82) is 0 Å². The highest BCUT2D eigenvalue weighted by atomic mass is 16.5. The zero-order chi connectivity index (χ0) is 13.4. The van der Waals surface area contributed by atoms with E-state index in [2.05, 4.69) is 4.74 Å². The molecule has 0 aromatic heterocycles. The van der Waals surface area contributed by atoms with Gasteiger partial charge in [0.25, 0.3) is 0 Å². The van der Waals surface area contributed by atoms with E-state index >= 15 is 0 Å². The van der Waals surface area contributed by atoms with Gasteiger partial charge in [-0.3, -0.25) is 4.79 Å². The summed E-state index contributed by atoms with van der Waals surface area (Å²) in [4.78, 5) is 10.0. The van der Waals surface area contributed by atoms with Gasteiger partial charge >= 0.3 is 5.97 Å². The number of hydrogen-bond donors (Lipinski definition) is 2. The van der Waals surface area contributed by atoms with Crippen LogP contribution in [0, 0.1) is 0 Å². The van der Waals surface area contributed by atoms with Gasteiger partial charge in [-0.05, 0) is 27.7 Å². The fourth-order valence-electron chi connectivity index (χ4n) is 0.536. The average molecular weight is 238 g/mol. The highest BCUT2D eigenvalue weighted by molar-refractivity contribution is 5.66. The van der Waals surface area contributed by atoms with Gasteiger partial charge in [0.2, 0.25) is 0 Å². The minimum atomic E-state index is -0.213. The van der Waals surface area contributed by atoms with Crippen molar-refractivity contribution in [3.05, 3.63) is 0 Å². The molecular weight excluding hydrogens is 212 g/mol. The van der Waals surface area contributed by atoms with Crippen LogP contribution in [0.15, 0.2) is 0 Å². The van der Waals surface area contributed by atoms with Crippen LogP contribution in [0.25, 0.3) is 0 Å². The molecule has 0 amide bonds. The molecular formula is C11H26O5. The third-order valence-electron chi connectivity index (χ3n) is 0.910. The zero-order valence-electron chi connectivity index (χ0n) is 11.0. The molecule has 0 heterocycles. The summed E-state index contributed by atoms with van der Waals surface area (Å²) in [6.07, 6.45) is 0.0255. The van der Waals surface area contributed by atoms with Gasteiger partial charge in [0.1, 0.15) is 0 Å². The second-order valence-corrected chi connectivity index (χ2v) is 2.89. The Kier molecular flexibility index (Phi) is 25.7. The molecule has 0 unspecified atom stereocenters. The van der Waals surface area contributed by atoms with Crippen LogP contribution in [0.4, 0.5) is 0 Å². The second-order valence-electron chi connectivity index (χ2n) is 2.89. The van der Waals surface area contributed by atoms with Gasteiger partial charge in [0.15, 0.2) is 0 Å². The van der Waals surface area contributed by atoms with Crippen molar-refractivity contribution in [2.75, 3.05) is 26.4 Å². The maximum absolute atomic E-state index is 10.0. The molecule has 0 aromatic rings. The van der Waals surface area contributed by atoms with Crippen molar-refractivity contribution in [2.45, 2.75) is 40.7 Å². The maximum atomic E-state index is 10.0. The van der Waals surface area contributed by atoms with Gasteiger partial charge in [-0.1, -0.05) is 0 Å². The Balaban J connectivity index is -0.000000166. The van der Waals surface area contributed by atoms with E-state index in [1.807, 2.05) is 27.7 Å². The number of carbonyl (C=O) groups is 1. The lowest BCUT2D eigenvalue weighted by molar-refractivity contribution is -0.144. The minimum Gasteiger partial charge on any atom is -0.463 e. The Morgan fingerprint density at radius 1 is 1.12 bits per heavy atom. The number of hydrogen-bond acceptors (Lipinski definition) is 5. The Bertz CT molecular complexity index is 122. The molecule has 0 rings (SSSR count). The lowest BCUT2D eigenvalue weighted by Gasteiger charge is -2.01. The smallest absolute Gasteiger partial charge is 0.302 e. The molecule has 0 aliphatic heterocycles. The first-order valence-electron chi connectivity index (χ1n) is 5.42. The molecule has 0 aliphatic rings. The Labute approximate surface area is 98.4 Å². The Hall–Kier alpha value is -0.650. The molecule has 0 fully saturated rings. The van der Waals surface area contributed by atoms with Crippen molar-refractivity contribution in [3.8, 4) is 0 Å². The standard InChI is InChI=1S/C5H10O2.C4H10O.C2H6O2/c1-4(2)7-5(3)6;1-3-5-4-2;3-1-2-4/h4H,1-3H3;3-4H2,1-2H3;3-4H,1-2H2. The van der Waals surface area contributed by atoms with Gasteiger partial charge in [-0.2, -0.15) is 0 Å². The zero-order valence-corrected chi connectivity index (χ0v) is 11.0. The van der Waals surface area contributed by atoms with E-state index in [0.29, 0.717) is 0 Å². The third kappa shape index (κ3) is 50.5. The predicted molar refractivity (Wildman–Crippen MR) is 63.2 cm³/mol. The first kappa shape index (κ1) is 20.7. The first-order chi connectivity index (χ1) is 7.45. The molecule has 5 nitrogen and oxygen atoms in total. The van der Waals surface area contributed by atoms with Crippen LogP contribution in [0.1, 0.15) is 34.6 Å². The number of ether oxygens (including phenoxy) is 2. The number of esters is 1. The molecule has 0 radical (unpaired) electrons. The van der Waals surface area contributed by atoms with Crippen LogP contribution < -0.4 is 0 Å². The maximum Gasteiger partial charge on any atom is 0.302 e. The Morgan fingerprint density at radius 3 is 1.50 bits per heavy atom. The molecule has 0 saturated heterocycles. The Morgan fingerprint density at radius 2 is 1.50 bits per heavy atom. The van der Waals surface area contributed by atoms with Gasteiger partial charge in [0, 0.05) is 20.1 Å². The van der Waals surface area contributed by atoms with E-state index in [1.165, 1.54) is 6.92 Å². The number of aliphatic hydroxyl groups excluding tert-OH is 2. The van der Waals surface area contributed by atoms with Crippen LogP contribution in [0.2, 0.25) is 0 Å². The second kappa shape index (κ2) is 19.9. The summed E-state index contributed by atoms with van der Waals surface area (Å²) in [5, 5.41) is 15.2. The third-order valence-corrected chi connectivity index (χ3v) is 0.910. The van der Waals surface area contributed by atoms with E-state index in [4.69, 9.17) is 14.9 Å². The summed E-state index contributed by atoms with van der Waals surface area (Å²) < 4.78 is 9.44. The molecule has 0 aliphatic carbocycles. The van der Waals surface area contributed by atoms with Crippen LogP contribution in [-0.4, -0.2) is 48.7 Å². The van der Waals surface area contributed by atoms with E-state index in [1.54, 1.807) is 0 Å². The number of rotatable bonds is 4. The lowest BCUT2D eigenvalue weighted by atomic mass is 10.5. The molecule has 0 aromatic carbocycles. The number of carbonyl (C=O) groups excluding carboxylic acids is 1. The van der Waals surface area contributed by atoms with Crippen molar-refractivity contribution < 1.29 is 24.5 Å². The minimum absolute atomic E-state index is 0.0255. The van der Waals surface area contributed by atoms with Crippen LogP contribution in [-0.2, 0) is 14.3 Å². The van der Waals surface area contributed by atoms with E-state index in [-0.39, 0.29) is 25.3 Å². The van der Waals surface area contributed by atoms with E-state index in [9.17, 15) is 4.79 Å². The number of aliphatic hydroxyl groups is 2. The largest absolute Gasteiger partial charge is 0.463 e. The summed E-state index contributed by atoms with van der Waals surface area (Å²) in [5.74, 6) is -0.213. The van der Waals surface area contributed by atoms with Gasteiger partial charge in [0.05, 0.1) is 19.3 Å². The van der Waals surface area contributed by atoms with Crippen LogP contribution >= 0.6 is 0 Å². The highest BCUT2D eigenvalue weighted by Gasteiger charge is 1.93. The molecule has 0 bridgehead atoms. The molecule has 0 spiro atoms. The van der Waals surface area contributed by atoms with Crippen molar-refractivity contribution in [3.63, 3.8) is 0 Å². The SMILES string of the molecule is CC(=O)OC(C)C.CCOCC.OCCO. The topological polar surface area (TPSA) is 76.0 Å². The summed E-state index contributed by atoms with van der Waals surface area (Å²) >= 11 is 0. The molecule has 100 valence electrons. The van der Waals surface area contributed by atoms with E-state index in [0.717, 1.165) is 13.2 Å². The van der Waals surface area contributed by atoms with E-state index < -0.39 is 0 Å². The van der Waals surface area contributed by atoms with Gasteiger partial charge in [-0.25, -0.2) is 0 Å². The normalized spacial score (nSPS) is 8.50.